The highest BCUT2D eigenvalue weighted by Crippen LogP contribution is 2.28. The van der Waals surface area contributed by atoms with Gasteiger partial charge in [0.2, 0.25) is 0 Å². The third-order valence-corrected chi connectivity index (χ3v) is 3.18. The largest absolute Gasteiger partial charge is 0.206 e. The molecule has 2 rings (SSSR count). The van der Waals surface area contributed by atoms with Crippen LogP contribution in [0.3, 0.4) is 0 Å². The van der Waals surface area contributed by atoms with Gasteiger partial charge in [0.25, 0.3) is 0 Å². The van der Waals surface area contributed by atoms with Gasteiger partial charge in [0, 0.05) is 9.86 Å². The number of rotatable bonds is 0. The lowest BCUT2D eigenvalue weighted by molar-refractivity contribution is 0.640. The molecule has 4 heteroatoms. The lowest BCUT2D eigenvalue weighted by Crippen LogP contribution is -1.73. The van der Waals surface area contributed by atoms with Gasteiger partial charge in [-0.2, -0.15) is 4.37 Å². The van der Waals surface area contributed by atoms with Crippen molar-refractivity contribution in [3.63, 3.8) is 0 Å². The molecule has 1 nitrogen and oxygen atoms in total. The van der Waals surface area contributed by atoms with Crippen LogP contribution in [0.15, 0.2) is 22.8 Å². The van der Waals surface area contributed by atoms with Gasteiger partial charge < -0.3 is 0 Å². The van der Waals surface area contributed by atoms with Gasteiger partial charge >= 0.3 is 0 Å². The maximum atomic E-state index is 12.9. The first-order valence-electron chi connectivity index (χ1n) is 2.97. The minimum Gasteiger partial charge on any atom is -0.206 e. The number of hydrogen-bond acceptors (Lipinski definition) is 2. The van der Waals surface area contributed by atoms with Crippen LogP contribution in [0.25, 0.3) is 10.1 Å². The van der Waals surface area contributed by atoms with E-state index in [1.807, 2.05) is 0 Å². The zero-order valence-electron chi connectivity index (χ0n) is 5.34. The molecule has 1 heterocycles. The van der Waals surface area contributed by atoms with E-state index >= 15 is 0 Å². The van der Waals surface area contributed by atoms with Crippen LogP contribution in [-0.2, 0) is 0 Å². The molecule has 0 bridgehead atoms. The van der Waals surface area contributed by atoms with Crippen molar-refractivity contribution >= 4 is 37.5 Å². The summed E-state index contributed by atoms with van der Waals surface area (Å²) in [6.45, 7) is 0. The highest BCUT2D eigenvalue weighted by atomic mass is 79.9. The molecule has 0 aliphatic rings. The summed E-state index contributed by atoms with van der Waals surface area (Å²) in [5, 5.41) is 0.587. The summed E-state index contributed by atoms with van der Waals surface area (Å²) in [6.07, 6.45) is 1.54. The molecule has 0 unspecified atom stereocenters. The molecular formula is C7H3BrFNS. The zero-order valence-corrected chi connectivity index (χ0v) is 7.75. The fourth-order valence-electron chi connectivity index (χ4n) is 0.894. The third kappa shape index (κ3) is 1.06. The summed E-state index contributed by atoms with van der Waals surface area (Å²) < 4.78 is 18.6. The summed E-state index contributed by atoms with van der Waals surface area (Å²) >= 11 is 4.61. The Morgan fingerprint density at radius 1 is 1.45 bits per heavy atom. The summed E-state index contributed by atoms with van der Waals surface area (Å²) in [7, 11) is 0. The highest BCUT2D eigenvalue weighted by molar-refractivity contribution is 9.10. The second kappa shape index (κ2) is 2.53. The van der Waals surface area contributed by atoms with Crippen molar-refractivity contribution < 1.29 is 4.39 Å². The molecule has 0 N–H and O–H groups in total. The first-order chi connectivity index (χ1) is 5.29. The van der Waals surface area contributed by atoms with Gasteiger partial charge in [0.15, 0.2) is 0 Å². The van der Waals surface area contributed by atoms with E-state index in [0.29, 0.717) is 5.39 Å². The number of hydrogen-bond donors (Lipinski definition) is 0. The van der Waals surface area contributed by atoms with E-state index in [2.05, 4.69) is 20.3 Å². The van der Waals surface area contributed by atoms with Crippen LogP contribution in [0, 0.1) is 5.82 Å². The molecule has 0 amide bonds. The molecule has 0 atom stereocenters. The Bertz CT molecular complexity index is 362. The van der Waals surface area contributed by atoms with E-state index in [1.165, 1.54) is 17.6 Å². The smallest absolute Gasteiger partial charge is 0.133 e. The molecule has 0 aliphatic heterocycles. The van der Waals surface area contributed by atoms with E-state index in [1.54, 1.807) is 12.3 Å². The van der Waals surface area contributed by atoms with E-state index in [4.69, 9.17) is 0 Å². The van der Waals surface area contributed by atoms with Gasteiger partial charge in [-0.1, -0.05) is 0 Å². The first kappa shape index (κ1) is 7.18. The van der Waals surface area contributed by atoms with Crippen molar-refractivity contribution in [2.75, 3.05) is 0 Å². The second-order valence-electron chi connectivity index (χ2n) is 2.10. The Balaban J connectivity index is 2.96. The van der Waals surface area contributed by atoms with Crippen LogP contribution in [0.4, 0.5) is 4.39 Å². The topological polar surface area (TPSA) is 12.9 Å². The average Bonchev–Trinajstić information content (AvgIpc) is 2.45. The average molecular weight is 232 g/mol. The minimum atomic E-state index is -0.211. The van der Waals surface area contributed by atoms with Gasteiger partial charge in [-0.15, -0.1) is 0 Å². The Labute approximate surface area is 75.1 Å². The van der Waals surface area contributed by atoms with Crippen molar-refractivity contribution in [1.29, 1.82) is 0 Å². The van der Waals surface area contributed by atoms with Gasteiger partial charge in [-0.05, 0) is 39.6 Å². The van der Waals surface area contributed by atoms with Crippen LogP contribution in [-0.4, -0.2) is 4.37 Å². The first-order valence-corrected chi connectivity index (χ1v) is 4.54. The lowest BCUT2D eigenvalue weighted by Gasteiger charge is -1.92. The Morgan fingerprint density at radius 3 is 3.00 bits per heavy atom. The SMILES string of the molecule is Fc1ccc(Br)c2sncc12. The van der Waals surface area contributed by atoms with Crippen LogP contribution < -0.4 is 0 Å². The predicted octanol–water partition coefficient (Wildman–Crippen LogP) is 3.20. The van der Waals surface area contributed by atoms with Crippen LogP contribution >= 0.6 is 27.5 Å². The molecule has 1 aromatic carbocycles. The standard InChI is InChI=1S/C7H3BrFNS/c8-5-1-2-6(9)4-3-10-11-7(4)5/h1-3H. The van der Waals surface area contributed by atoms with Crippen LogP contribution in [0.5, 0.6) is 0 Å². The quantitative estimate of drug-likeness (QED) is 0.679. The zero-order chi connectivity index (χ0) is 7.84. The lowest BCUT2D eigenvalue weighted by atomic mass is 10.3. The van der Waals surface area contributed by atoms with Crippen LogP contribution in [0.1, 0.15) is 0 Å². The summed E-state index contributed by atoms with van der Waals surface area (Å²) in [6, 6.07) is 3.12. The Morgan fingerprint density at radius 2 is 2.27 bits per heavy atom. The molecule has 0 fully saturated rings. The summed E-state index contributed by atoms with van der Waals surface area (Å²) in [5.41, 5.74) is 0. The van der Waals surface area contributed by atoms with Crippen LogP contribution in [0.2, 0.25) is 0 Å². The fourth-order valence-corrected chi connectivity index (χ4v) is 2.12. The number of nitrogens with zero attached hydrogens (tertiary/aromatic N) is 1. The summed E-state index contributed by atoms with van der Waals surface area (Å²) in [5.74, 6) is -0.211. The highest BCUT2D eigenvalue weighted by Gasteiger charge is 2.04. The number of halogens is 2. The molecule has 0 saturated carbocycles. The molecule has 0 aliphatic carbocycles. The van der Waals surface area contributed by atoms with Crippen molar-refractivity contribution in [1.82, 2.24) is 4.37 Å². The molecular weight excluding hydrogens is 229 g/mol. The maximum absolute atomic E-state index is 12.9. The van der Waals surface area contributed by atoms with E-state index in [0.717, 1.165) is 9.17 Å². The molecule has 0 spiro atoms. The van der Waals surface area contributed by atoms with Crippen molar-refractivity contribution in [3.05, 3.63) is 28.6 Å². The van der Waals surface area contributed by atoms with Crippen molar-refractivity contribution in [2.45, 2.75) is 0 Å². The monoisotopic (exact) mass is 231 g/mol. The molecule has 0 radical (unpaired) electrons. The maximum Gasteiger partial charge on any atom is 0.133 e. The molecule has 1 aromatic heterocycles. The van der Waals surface area contributed by atoms with Gasteiger partial charge in [0.1, 0.15) is 5.82 Å². The van der Waals surface area contributed by atoms with Gasteiger partial charge in [-0.3, -0.25) is 0 Å². The van der Waals surface area contributed by atoms with Gasteiger partial charge in [-0.25, -0.2) is 4.39 Å². The fraction of sp³-hybridized carbons (Fsp3) is 0. The Hall–Kier alpha value is -0.480. The molecule has 11 heavy (non-hydrogen) atoms. The number of aromatic nitrogens is 1. The van der Waals surface area contributed by atoms with Gasteiger partial charge in [0.05, 0.1) is 10.9 Å². The Kier molecular flexibility index (Phi) is 1.65. The van der Waals surface area contributed by atoms with E-state index < -0.39 is 0 Å². The number of fused-ring (bicyclic) bond motifs is 1. The second-order valence-corrected chi connectivity index (χ2v) is 3.75. The number of benzene rings is 1. The predicted molar refractivity (Wildman–Crippen MR) is 47.3 cm³/mol. The molecule has 56 valence electrons. The normalized spacial score (nSPS) is 10.7. The van der Waals surface area contributed by atoms with Crippen molar-refractivity contribution in [2.24, 2.45) is 0 Å². The minimum absolute atomic E-state index is 0.211. The molecule has 2 aromatic rings. The van der Waals surface area contributed by atoms with E-state index in [-0.39, 0.29) is 5.82 Å². The molecule has 0 saturated heterocycles. The van der Waals surface area contributed by atoms with Crippen molar-refractivity contribution in [3.8, 4) is 0 Å². The third-order valence-electron chi connectivity index (χ3n) is 1.42. The summed E-state index contributed by atoms with van der Waals surface area (Å²) in [4.78, 5) is 0. The van der Waals surface area contributed by atoms with E-state index in [9.17, 15) is 4.39 Å².